The monoisotopic (exact) mass is 257 g/mol. The maximum Gasteiger partial charge on any atom is 0.268 e. The van der Waals surface area contributed by atoms with Crippen LogP contribution in [0.3, 0.4) is 0 Å². The zero-order valence-corrected chi connectivity index (χ0v) is 10.4. The fourth-order valence-electron chi connectivity index (χ4n) is 2.34. The standard InChI is InChI=1S/C14H15N3O2/c18-13-11(6-3-7-15-13)17-14(19)12-8-9-4-1-2-5-10(9)16-12/h1-2,4-5,8,11,16H,3,6-7H2,(H,15,18)(H,17,19)/t11-/m1/s1. The molecule has 3 N–H and O–H groups in total. The molecule has 0 unspecified atom stereocenters. The molecule has 1 aromatic carbocycles. The molecule has 0 bridgehead atoms. The average Bonchev–Trinajstić information content (AvgIpc) is 2.85. The number of aromatic amines is 1. The van der Waals surface area contributed by atoms with Crippen molar-refractivity contribution in [3.05, 3.63) is 36.0 Å². The normalized spacial score (nSPS) is 19.2. The van der Waals surface area contributed by atoms with E-state index < -0.39 is 6.04 Å². The van der Waals surface area contributed by atoms with Crippen molar-refractivity contribution in [3.63, 3.8) is 0 Å². The lowest BCUT2D eigenvalue weighted by atomic mass is 10.1. The van der Waals surface area contributed by atoms with Gasteiger partial charge in [-0.25, -0.2) is 0 Å². The van der Waals surface area contributed by atoms with Gasteiger partial charge < -0.3 is 15.6 Å². The first-order chi connectivity index (χ1) is 9.24. The van der Waals surface area contributed by atoms with E-state index in [-0.39, 0.29) is 11.8 Å². The number of aromatic nitrogens is 1. The number of nitrogens with one attached hydrogen (secondary N) is 3. The van der Waals surface area contributed by atoms with Crippen LogP contribution in [0.2, 0.25) is 0 Å². The number of hydrogen-bond donors (Lipinski definition) is 3. The van der Waals surface area contributed by atoms with Gasteiger partial charge in [-0.15, -0.1) is 0 Å². The molecule has 5 heteroatoms. The van der Waals surface area contributed by atoms with E-state index >= 15 is 0 Å². The third-order valence-corrected chi connectivity index (χ3v) is 3.37. The number of fused-ring (bicyclic) bond motifs is 1. The molecule has 2 aromatic rings. The Hall–Kier alpha value is -2.30. The topological polar surface area (TPSA) is 74.0 Å². The maximum atomic E-state index is 12.1. The quantitative estimate of drug-likeness (QED) is 0.755. The summed E-state index contributed by atoms with van der Waals surface area (Å²) in [6.07, 6.45) is 1.58. The van der Waals surface area contributed by atoms with Crippen molar-refractivity contribution < 1.29 is 9.59 Å². The number of para-hydroxylation sites is 1. The Bertz CT molecular complexity index is 599. The minimum Gasteiger partial charge on any atom is -0.354 e. The Morgan fingerprint density at radius 3 is 2.95 bits per heavy atom. The van der Waals surface area contributed by atoms with E-state index in [9.17, 15) is 9.59 Å². The SMILES string of the molecule is O=C(N[C@@H]1CCCNC1=O)c1cc2ccccc2[nH]1. The first-order valence-corrected chi connectivity index (χ1v) is 6.40. The minimum atomic E-state index is -0.423. The summed E-state index contributed by atoms with van der Waals surface area (Å²) in [6, 6.07) is 9.06. The van der Waals surface area contributed by atoms with E-state index in [0.717, 1.165) is 17.3 Å². The van der Waals surface area contributed by atoms with Crippen LogP contribution in [0.1, 0.15) is 23.3 Å². The van der Waals surface area contributed by atoms with Gasteiger partial charge >= 0.3 is 0 Å². The van der Waals surface area contributed by atoms with Gasteiger partial charge in [0, 0.05) is 17.4 Å². The summed E-state index contributed by atoms with van der Waals surface area (Å²) in [7, 11) is 0. The summed E-state index contributed by atoms with van der Waals surface area (Å²) in [4.78, 5) is 26.8. The van der Waals surface area contributed by atoms with Crippen molar-refractivity contribution in [2.24, 2.45) is 0 Å². The van der Waals surface area contributed by atoms with Gasteiger partial charge in [-0.1, -0.05) is 18.2 Å². The van der Waals surface area contributed by atoms with Crippen LogP contribution in [0, 0.1) is 0 Å². The fourth-order valence-corrected chi connectivity index (χ4v) is 2.34. The summed E-state index contributed by atoms with van der Waals surface area (Å²) in [5.74, 6) is -0.339. The van der Waals surface area contributed by atoms with Crippen LogP contribution in [0.15, 0.2) is 30.3 Å². The molecule has 3 rings (SSSR count). The Labute approximate surface area is 110 Å². The van der Waals surface area contributed by atoms with Crippen molar-refractivity contribution in [1.82, 2.24) is 15.6 Å². The highest BCUT2D eigenvalue weighted by Crippen LogP contribution is 2.15. The summed E-state index contributed by atoms with van der Waals surface area (Å²) in [5.41, 5.74) is 1.40. The highest BCUT2D eigenvalue weighted by molar-refractivity contribution is 6.00. The van der Waals surface area contributed by atoms with Gasteiger partial charge in [-0.2, -0.15) is 0 Å². The van der Waals surface area contributed by atoms with Crippen molar-refractivity contribution in [1.29, 1.82) is 0 Å². The molecular formula is C14H15N3O2. The molecule has 0 saturated carbocycles. The van der Waals surface area contributed by atoms with Crippen LogP contribution in [0.5, 0.6) is 0 Å². The molecule has 1 atom stereocenters. The molecule has 2 amide bonds. The minimum absolute atomic E-state index is 0.101. The second-order valence-electron chi connectivity index (χ2n) is 4.73. The molecule has 0 radical (unpaired) electrons. The summed E-state index contributed by atoms with van der Waals surface area (Å²) >= 11 is 0. The molecule has 1 fully saturated rings. The largest absolute Gasteiger partial charge is 0.354 e. The average molecular weight is 257 g/mol. The molecule has 0 aliphatic carbocycles. The maximum absolute atomic E-state index is 12.1. The van der Waals surface area contributed by atoms with E-state index in [1.165, 1.54) is 0 Å². The van der Waals surface area contributed by atoms with Crippen LogP contribution in [0.25, 0.3) is 10.9 Å². The number of carbonyl (C=O) groups is 2. The first-order valence-electron chi connectivity index (χ1n) is 6.40. The summed E-state index contributed by atoms with van der Waals surface area (Å²) in [6.45, 7) is 0.692. The van der Waals surface area contributed by atoms with Gasteiger partial charge in [-0.05, 0) is 25.0 Å². The Balaban J connectivity index is 1.77. The van der Waals surface area contributed by atoms with Crippen LogP contribution < -0.4 is 10.6 Å². The van der Waals surface area contributed by atoms with Gasteiger partial charge in [0.2, 0.25) is 5.91 Å². The van der Waals surface area contributed by atoms with Crippen molar-refractivity contribution in [2.75, 3.05) is 6.54 Å². The zero-order chi connectivity index (χ0) is 13.2. The lowest BCUT2D eigenvalue weighted by Gasteiger charge is -2.22. The summed E-state index contributed by atoms with van der Waals surface area (Å²) in [5, 5.41) is 6.50. The predicted octanol–water partition coefficient (Wildman–Crippen LogP) is 1.18. The zero-order valence-electron chi connectivity index (χ0n) is 10.4. The number of rotatable bonds is 2. The molecule has 1 aliphatic rings. The number of amides is 2. The van der Waals surface area contributed by atoms with Gasteiger partial charge in [0.15, 0.2) is 0 Å². The smallest absolute Gasteiger partial charge is 0.268 e. The summed E-state index contributed by atoms with van der Waals surface area (Å²) < 4.78 is 0. The van der Waals surface area contributed by atoms with Crippen LogP contribution in [-0.2, 0) is 4.79 Å². The van der Waals surface area contributed by atoms with Crippen molar-refractivity contribution in [3.8, 4) is 0 Å². The number of piperidine rings is 1. The predicted molar refractivity (Wildman–Crippen MR) is 71.8 cm³/mol. The van der Waals surface area contributed by atoms with E-state index in [0.29, 0.717) is 18.7 Å². The molecule has 0 spiro atoms. The Kier molecular flexibility index (Phi) is 2.95. The van der Waals surface area contributed by atoms with Gasteiger partial charge in [-0.3, -0.25) is 9.59 Å². The highest BCUT2D eigenvalue weighted by Gasteiger charge is 2.24. The van der Waals surface area contributed by atoms with Crippen LogP contribution in [-0.4, -0.2) is 29.4 Å². The van der Waals surface area contributed by atoms with Gasteiger partial charge in [0.1, 0.15) is 11.7 Å². The first kappa shape index (κ1) is 11.8. The molecule has 5 nitrogen and oxygen atoms in total. The lowest BCUT2D eigenvalue weighted by molar-refractivity contribution is -0.124. The van der Waals surface area contributed by atoms with E-state index in [2.05, 4.69) is 15.6 Å². The molecule has 1 aliphatic heterocycles. The third kappa shape index (κ3) is 2.31. The third-order valence-electron chi connectivity index (χ3n) is 3.37. The van der Waals surface area contributed by atoms with Crippen LogP contribution >= 0.6 is 0 Å². The van der Waals surface area contributed by atoms with E-state index in [4.69, 9.17) is 0 Å². The number of H-pyrrole nitrogens is 1. The number of carbonyl (C=O) groups excluding carboxylic acids is 2. The number of hydrogen-bond acceptors (Lipinski definition) is 2. The lowest BCUT2D eigenvalue weighted by Crippen LogP contribution is -2.50. The van der Waals surface area contributed by atoms with Crippen LogP contribution in [0.4, 0.5) is 0 Å². The molecular weight excluding hydrogens is 242 g/mol. The van der Waals surface area contributed by atoms with E-state index in [1.807, 2.05) is 24.3 Å². The van der Waals surface area contributed by atoms with Crippen molar-refractivity contribution in [2.45, 2.75) is 18.9 Å². The molecule has 1 saturated heterocycles. The molecule has 19 heavy (non-hydrogen) atoms. The Morgan fingerprint density at radius 2 is 2.16 bits per heavy atom. The Morgan fingerprint density at radius 1 is 1.32 bits per heavy atom. The second kappa shape index (κ2) is 4.76. The highest BCUT2D eigenvalue weighted by atomic mass is 16.2. The van der Waals surface area contributed by atoms with Crippen molar-refractivity contribution >= 4 is 22.7 Å². The second-order valence-corrected chi connectivity index (χ2v) is 4.73. The fraction of sp³-hybridized carbons (Fsp3) is 0.286. The molecule has 2 heterocycles. The van der Waals surface area contributed by atoms with E-state index in [1.54, 1.807) is 6.07 Å². The van der Waals surface area contributed by atoms with Gasteiger partial charge in [0.25, 0.3) is 5.91 Å². The van der Waals surface area contributed by atoms with Gasteiger partial charge in [0.05, 0.1) is 0 Å². The number of benzene rings is 1. The molecule has 98 valence electrons. The molecule has 1 aromatic heterocycles.